The Morgan fingerprint density at radius 2 is 2.16 bits per heavy atom. The summed E-state index contributed by atoms with van der Waals surface area (Å²) >= 11 is 0. The summed E-state index contributed by atoms with van der Waals surface area (Å²) in [6.07, 6.45) is 1.65. The van der Waals surface area contributed by atoms with E-state index in [9.17, 15) is 14.0 Å². The lowest BCUT2D eigenvalue weighted by molar-refractivity contribution is -0.140. The van der Waals surface area contributed by atoms with E-state index in [1.807, 2.05) is 0 Å². The molecule has 1 atom stereocenters. The summed E-state index contributed by atoms with van der Waals surface area (Å²) in [4.78, 5) is 24.5. The van der Waals surface area contributed by atoms with E-state index in [4.69, 9.17) is 5.11 Å². The zero-order valence-corrected chi connectivity index (χ0v) is 10.7. The summed E-state index contributed by atoms with van der Waals surface area (Å²) in [5.41, 5.74) is 0.421. The number of hydrogen-bond acceptors (Lipinski definition) is 2. The SMILES string of the molecule is CC(CN(C(=O)C1CC1)c1cccc(F)c1)C(=O)O. The molecule has 5 heteroatoms. The van der Waals surface area contributed by atoms with Crippen LogP contribution in [0.1, 0.15) is 19.8 Å². The molecule has 0 aromatic heterocycles. The van der Waals surface area contributed by atoms with Crippen LogP contribution in [0.3, 0.4) is 0 Å². The second-order valence-electron chi connectivity index (χ2n) is 4.94. The van der Waals surface area contributed by atoms with Crippen LogP contribution in [0.5, 0.6) is 0 Å². The Labute approximate surface area is 110 Å². The Morgan fingerprint density at radius 3 is 2.68 bits per heavy atom. The minimum absolute atomic E-state index is 0.0377. The number of carbonyl (C=O) groups is 2. The first-order valence-electron chi connectivity index (χ1n) is 6.29. The Balaban J connectivity index is 2.23. The second-order valence-corrected chi connectivity index (χ2v) is 4.94. The fraction of sp³-hybridized carbons (Fsp3) is 0.429. The molecule has 4 nitrogen and oxygen atoms in total. The van der Waals surface area contributed by atoms with Crippen molar-refractivity contribution >= 4 is 17.6 Å². The Hall–Kier alpha value is -1.91. The third kappa shape index (κ3) is 3.30. The number of hydrogen-bond donors (Lipinski definition) is 1. The zero-order valence-electron chi connectivity index (χ0n) is 10.7. The minimum Gasteiger partial charge on any atom is -0.481 e. The van der Waals surface area contributed by atoms with Crippen molar-refractivity contribution in [3.8, 4) is 0 Å². The number of nitrogens with zero attached hydrogens (tertiary/aromatic N) is 1. The van der Waals surface area contributed by atoms with E-state index in [-0.39, 0.29) is 18.4 Å². The van der Waals surface area contributed by atoms with Crippen molar-refractivity contribution in [1.82, 2.24) is 0 Å². The summed E-state index contributed by atoms with van der Waals surface area (Å²) < 4.78 is 13.2. The van der Waals surface area contributed by atoms with Gasteiger partial charge in [-0.25, -0.2) is 4.39 Å². The first-order chi connectivity index (χ1) is 8.99. The van der Waals surface area contributed by atoms with E-state index in [1.54, 1.807) is 6.07 Å². The van der Waals surface area contributed by atoms with Gasteiger partial charge in [0.2, 0.25) is 5.91 Å². The number of benzene rings is 1. The third-order valence-electron chi connectivity index (χ3n) is 3.19. The molecular weight excluding hydrogens is 249 g/mol. The molecule has 1 aliphatic carbocycles. The molecule has 1 unspecified atom stereocenters. The number of carboxylic acid groups (broad SMARTS) is 1. The number of rotatable bonds is 5. The van der Waals surface area contributed by atoms with Crippen molar-refractivity contribution < 1.29 is 19.1 Å². The fourth-order valence-electron chi connectivity index (χ4n) is 1.87. The van der Waals surface area contributed by atoms with Gasteiger partial charge in [0.1, 0.15) is 5.82 Å². The fourth-order valence-corrected chi connectivity index (χ4v) is 1.87. The Kier molecular flexibility index (Phi) is 3.83. The highest BCUT2D eigenvalue weighted by molar-refractivity contribution is 5.96. The summed E-state index contributed by atoms with van der Waals surface area (Å²) in [6.45, 7) is 1.60. The molecule has 1 amide bonds. The molecule has 1 aromatic carbocycles. The summed E-state index contributed by atoms with van der Waals surface area (Å²) in [5.74, 6) is -2.24. The van der Waals surface area contributed by atoms with Crippen LogP contribution in [-0.2, 0) is 9.59 Å². The zero-order chi connectivity index (χ0) is 14.0. The number of anilines is 1. The summed E-state index contributed by atoms with van der Waals surface area (Å²) in [7, 11) is 0. The maximum absolute atomic E-state index is 13.2. The van der Waals surface area contributed by atoms with Gasteiger partial charge >= 0.3 is 5.97 Å². The van der Waals surface area contributed by atoms with Gasteiger partial charge in [-0.15, -0.1) is 0 Å². The van der Waals surface area contributed by atoms with Gasteiger partial charge in [-0.05, 0) is 31.0 Å². The van der Waals surface area contributed by atoms with Crippen molar-refractivity contribution in [2.24, 2.45) is 11.8 Å². The lowest BCUT2D eigenvalue weighted by atomic mass is 10.1. The van der Waals surface area contributed by atoms with E-state index in [0.717, 1.165) is 12.8 Å². The lowest BCUT2D eigenvalue weighted by Crippen LogP contribution is -2.38. The molecule has 0 saturated heterocycles. The van der Waals surface area contributed by atoms with Gasteiger partial charge in [-0.2, -0.15) is 0 Å². The molecule has 0 spiro atoms. The quantitative estimate of drug-likeness (QED) is 0.888. The molecule has 1 aliphatic rings. The summed E-state index contributed by atoms with van der Waals surface area (Å²) in [6, 6.07) is 5.69. The van der Waals surface area contributed by atoms with Crippen molar-refractivity contribution in [2.45, 2.75) is 19.8 Å². The van der Waals surface area contributed by atoms with Crippen molar-refractivity contribution in [2.75, 3.05) is 11.4 Å². The highest BCUT2D eigenvalue weighted by Gasteiger charge is 2.35. The van der Waals surface area contributed by atoms with E-state index in [1.165, 1.54) is 30.0 Å². The van der Waals surface area contributed by atoms with Crippen LogP contribution >= 0.6 is 0 Å². The maximum Gasteiger partial charge on any atom is 0.308 e. The molecule has 0 radical (unpaired) electrons. The number of amides is 1. The van der Waals surface area contributed by atoms with E-state index < -0.39 is 17.7 Å². The number of aliphatic carboxylic acids is 1. The lowest BCUT2D eigenvalue weighted by Gasteiger charge is -2.24. The molecule has 1 fully saturated rings. The van der Waals surface area contributed by atoms with Crippen LogP contribution in [0.4, 0.5) is 10.1 Å². The predicted octanol–water partition coefficient (Wildman–Crippen LogP) is 2.29. The number of halogens is 1. The molecular formula is C14H16FNO3. The average Bonchev–Trinajstić information content (AvgIpc) is 3.18. The van der Waals surface area contributed by atoms with Crippen LogP contribution in [0.15, 0.2) is 24.3 Å². The van der Waals surface area contributed by atoms with Crippen LogP contribution in [0.2, 0.25) is 0 Å². The maximum atomic E-state index is 13.2. The normalized spacial score (nSPS) is 15.9. The van der Waals surface area contributed by atoms with Gasteiger partial charge in [0.05, 0.1) is 5.92 Å². The van der Waals surface area contributed by atoms with Crippen molar-refractivity contribution in [3.05, 3.63) is 30.1 Å². The van der Waals surface area contributed by atoms with Gasteiger partial charge in [0, 0.05) is 18.2 Å². The largest absolute Gasteiger partial charge is 0.481 e. The molecule has 0 bridgehead atoms. The topological polar surface area (TPSA) is 57.6 Å². The molecule has 1 saturated carbocycles. The van der Waals surface area contributed by atoms with Crippen molar-refractivity contribution in [1.29, 1.82) is 0 Å². The molecule has 102 valence electrons. The van der Waals surface area contributed by atoms with Crippen LogP contribution in [0, 0.1) is 17.7 Å². The molecule has 0 heterocycles. The van der Waals surface area contributed by atoms with Crippen LogP contribution < -0.4 is 4.90 Å². The van der Waals surface area contributed by atoms with Crippen LogP contribution in [0.25, 0.3) is 0 Å². The number of carbonyl (C=O) groups excluding carboxylic acids is 1. The first kappa shape index (κ1) is 13.5. The average molecular weight is 265 g/mol. The molecule has 2 rings (SSSR count). The van der Waals surface area contributed by atoms with E-state index in [2.05, 4.69) is 0 Å². The van der Waals surface area contributed by atoms with Gasteiger partial charge < -0.3 is 10.0 Å². The highest BCUT2D eigenvalue weighted by atomic mass is 19.1. The molecule has 1 aromatic rings. The molecule has 0 aliphatic heterocycles. The second kappa shape index (κ2) is 5.38. The van der Waals surface area contributed by atoms with E-state index >= 15 is 0 Å². The smallest absolute Gasteiger partial charge is 0.308 e. The van der Waals surface area contributed by atoms with Gasteiger partial charge in [0.15, 0.2) is 0 Å². The Morgan fingerprint density at radius 1 is 1.47 bits per heavy atom. The molecule has 19 heavy (non-hydrogen) atoms. The van der Waals surface area contributed by atoms with Gasteiger partial charge in [0.25, 0.3) is 0 Å². The monoisotopic (exact) mass is 265 g/mol. The van der Waals surface area contributed by atoms with Gasteiger partial charge in [-0.1, -0.05) is 13.0 Å². The van der Waals surface area contributed by atoms with E-state index in [0.29, 0.717) is 5.69 Å². The standard InChI is InChI=1S/C14H16FNO3/c1-9(14(18)19)8-16(13(17)10-5-6-10)12-4-2-3-11(15)7-12/h2-4,7,9-10H,5-6,8H2,1H3,(H,18,19). The van der Waals surface area contributed by atoms with Crippen molar-refractivity contribution in [3.63, 3.8) is 0 Å². The van der Waals surface area contributed by atoms with Gasteiger partial charge in [-0.3, -0.25) is 9.59 Å². The number of carboxylic acids is 1. The van der Waals surface area contributed by atoms with Crippen LogP contribution in [-0.4, -0.2) is 23.5 Å². The summed E-state index contributed by atoms with van der Waals surface area (Å²) in [5, 5.41) is 8.96. The first-order valence-corrected chi connectivity index (χ1v) is 6.29. The Bertz CT molecular complexity index is 499. The predicted molar refractivity (Wildman–Crippen MR) is 68.3 cm³/mol. The minimum atomic E-state index is -0.968. The third-order valence-corrected chi connectivity index (χ3v) is 3.19. The highest BCUT2D eigenvalue weighted by Crippen LogP contribution is 2.33. The molecule has 1 N–H and O–H groups in total.